The van der Waals surface area contributed by atoms with Crippen molar-refractivity contribution in [1.29, 1.82) is 0 Å². The van der Waals surface area contributed by atoms with Crippen LogP contribution in [0.15, 0.2) is 78.9 Å². The number of nitrogens with one attached hydrogen (secondary N) is 1. The summed E-state index contributed by atoms with van der Waals surface area (Å²) in [4.78, 5) is 24.8. The molecule has 6 heteroatoms. The third-order valence-electron chi connectivity index (χ3n) is 6.69. The Balaban J connectivity index is 1.25. The number of carbonyl (C=O) groups excluding carboxylic acids is 1. The molecule has 6 nitrogen and oxygen atoms in total. The molecule has 2 N–H and O–H groups in total. The fourth-order valence-electron chi connectivity index (χ4n) is 4.81. The Hall–Kier alpha value is -3.64. The second kappa shape index (κ2) is 8.71. The Morgan fingerprint density at radius 1 is 0.909 bits per heavy atom. The molecule has 0 bridgehead atoms. The second-order valence-electron chi connectivity index (χ2n) is 8.55. The first kappa shape index (κ1) is 21.2. The smallest absolute Gasteiger partial charge is 0.408 e. The van der Waals surface area contributed by atoms with Crippen LogP contribution in [-0.2, 0) is 20.9 Å². The largest absolute Gasteiger partial charge is 0.479 e. The molecule has 2 aliphatic carbocycles. The van der Waals surface area contributed by atoms with Crippen LogP contribution in [0, 0.1) is 0 Å². The molecule has 5 rings (SSSR count). The second-order valence-corrected chi connectivity index (χ2v) is 8.55. The van der Waals surface area contributed by atoms with Crippen molar-refractivity contribution < 1.29 is 24.2 Å². The highest BCUT2D eigenvalue weighted by Crippen LogP contribution is 2.44. The molecule has 1 amide bonds. The zero-order chi connectivity index (χ0) is 22.8. The van der Waals surface area contributed by atoms with E-state index in [0.29, 0.717) is 12.8 Å². The van der Waals surface area contributed by atoms with Crippen LogP contribution in [-0.4, -0.2) is 35.4 Å². The molecule has 2 aliphatic rings. The maximum atomic E-state index is 12.7. The zero-order valence-electron chi connectivity index (χ0n) is 18.1. The Morgan fingerprint density at radius 3 is 2.09 bits per heavy atom. The highest BCUT2D eigenvalue weighted by atomic mass is 16.6. The van der Waals surface area contributed by atoms with Gasteiger partial charge in [0.25, 0.3) is 0 Å². The molecule has 1 saturated carbocycles. The van der Waals surface area contributed by atoms with Crippen molar-refractivity contribution in [2.45, 2.75) is 37.0 Å². The average molecular weight is 443 g/mol. The number of hydrogen-bond donors (Lipinski definition) is 2. The van der Waals surface area contributed by atoms with E-state index in [1.807, 2.05) is 66.7 Å². The van der Waals surface area contributed by atoms with E-state index in [-0.39, 0.29) is 19.1 Å². The highest BCUT2D eigenvalue weighted by Gasteiger charge is 2.55. The number of carboxylic acid groups (broad SMARTS) is 1. The monoisotopic (exact) mass is 443 g/mol. The number of amides is 1. The summed E-state index contributed by atoms with van der Waals surface area (Å²) in [5, 5.41) is 12.5. The van der Waals surface area contributed by atoms with Gasteiger partial charge in [-0.15, -0.1) is 0 Å². The van der Waals surface area contributed by atoms with Crippen molar-refractivity contribution in [3.63, 3.8) is 0 Å². The minimum absolute atomic E-state index is 0.0875. The predicted octanol–water partition coefficient (Wildman–Crippen LogP) is 4.73. The number of hydrogen-bond acceptors (Lipinski definition) is 4. The van der Waals surface area contributed by atoms with Gasteiger partial charge in [0.1, 0.15) is 6.61 Å². The fraction of sp³-hybridized carbons (Fsp3) is 0.259. The maximum absolute atomic E-state index is 12.7. The van der Waals surface area contributed by atoms with Gasteiger partial charge in [-0.05, 0) is 40.7 Å². The molecule has 0 saturated heterocycles. The molecular formula is C27H25NO5. The van der Waals surface area contributed by atoms with Gasteiger partial charge in [0.2, 0.25) is 0 Å². The lowest BCUT2D eigenvalue weighted by Gasteiger charge is -2.45. The van der Waals surface area contributed by atoms with Gasteiger partial charge in [-0.3, -0.25) is 0 Å². The number of aliphatic carboxylic acids is 1. The van der Waals surface area contributed by atoms with Crippen LogP contribution < -0.4 is 5.32 Å². The van der Waals surface area contributed by atoms with Crippen molar-refractivity contribution in [3.8, 4) is 11.1 Å². The Bertz CT molecular complexity index is 1130. The van der Waals surface area contributed by atoms with E-state index in [0.717, 1.165) is 27.8 Å². The van der Waals surface area contributed by atoms with Gasteiger partial charge in [-0.2, -0.15) is 0 Å². The SMILES string of the molecule is O=C(NC1(C(=O)O)CCC1OCc1ccccc1)OCC1c2ccccc2-c2ccccc21. The molecule has 0 spiro atoms. The molecule has 0 heterocycles. The van der Waals surface area contributed by atoms with Crippen molar-refractivity contribution in [2.24, 2.45) is 0 Å². The maximum Gasteiger partial charge on any atom is 0.408 e. The van der Waals surface area contributed by atoms with Gasteiger partial charge in [-0.25, -0.2) is 9.59 Å². The lowest BCUT2D eigenvalue weighted by molar-refractivity contribution is -0.165. The van der Waals surface area contributed by atoms with Crippen LogP contribution in [0.1, 0.15) is 35.4 Å². The van der Waals surface area contributed by atoms with Crippen LogP contribution in [0.4, 0.5) is 4.79 Å². The summed E-state index contributed by atoms with van der Waals surface area (Å²) in [6.45, 7) is 0.415. The topological polar surface area (TPSA) is 84.9 Å². The number of carboxylic acids is 1. The van der Waals surface area contributed by atoms with Gasteiger partial charge in [-0.1, -0.05) is 78.9 Å². The molecule has 33 heavy (non-hydrogen) atoms. The number of fused-ring (bicyclic) bond motifs is 3. The zero-order valence-corrected chi connectivity index (χ0v) is 18.1. The molecule has 2 atom stereocenters. The molecular weight excluding hydrogens is 418 g/mol. The van der Waals surface area contributed by atoms with Crippen LogP contribution in [0.5, 0.6) is 0 Å². The summed E-state index contributed by atoms with van der Waals surface area (Å²) in [5.41, 5.74) is 3.95. The summed E-state index contributed by atoms with van der Waals surface area (Å²) in [6, 6.07) is 25.7. The lowest BCUT2D eigenvalue weighted by Crippen LogP contribution is -2.68. The third-order valence-corrected chi connectivity index (χ3v) is 6.69. The highest BCUT2D eigenvalue weighted by molar-refractivity contribution is 5.86. The van der Waals surface area contributed by atoms with Gasteiger partial charge < -0.3 is 19.9 Å². The first-order valence-electron chi connectivity index (χ1n) is 11.1. The third kappa shape index (κ3) is 3.87. The quantitative estimate of drug-likeness (QED) is 0.552. The van der Waals surface area contributed by atoms with Gasteiger partial charge in [0.05, 0.1) is 12.7 Å². The summed E-state index contributed by atoms with van der Waals surface area (Å²) >= 11 is 0. The summed E-state index contributed by atoms with van der Waals surface area (Å²) in [6.07, 6.45) is -0.502. The molecule has 1 fully saturated rings. The minimum atomic E-state index is -1.47. The summed E-state index contributed by atoms with van der Waals surface area (Å²) in [7, 11) is 0. The molecule has 0 aromatic heterocycles. The standard InChI is InChI=1S/C27H25NO5/c29-25(30)27(15-14-24(27)32-16-18-8-2-1-3-9-18)28-26(31)33-17-23-21-12-6-4-10-19(21)20-11-5-7-13-22(20)23/h1-13,23-24H,14-17H2,(H,28,31)(H,29,30). The molecule has 2 unspecified atom stereocenters. The Morgan fingerprint density at radius 2 is 1.52 bits per heavy atom. The van der Waals surface area contributed by atoms with Crippen LogP contribution in [0.3, 0.4) is 0 Å². The molecule has 3 aromatic carbocycles. The lowest BCUT2D eigenvalue weighted by atomic mass is 9.73. The number of ether oxygens (including phenoxy) is 2. The summed E-state index contributed by atoms with van der Waals surface area (Å²) in [5.74, 6) is -1.20. The van der Waals surface area contributed by atoms with Crippen LogP contribution in [0.25, 0.3) is 11.1 Å². The van der Waals surface area contributed by atoms with Crippen molar-refractivity contribution in [1.82, 2.24) is 5.32 Å². The van der Waals surface area contributed by atoms with E-state index in [2.05, 4.69) is 17.4 Å². The van der Waals surface area contributed by atoms with Crippen molar-refractivity contribution >= 4 is 12.1 Å². The molecule has 0 radical (unpaired) electrons. The van der Waals surface area contributed by atoms with Crippen molar-refractivity contribution in [2.75, 3.05) is 6.61 Å². The van der Waals surface area contributed by atoms with Crippen LogP contribution >= 0.6 is 0 Å². The van der Waals surface area contributed by atoms with E-state index in [9.17, 15) is 14.7 Å². The average Bonchev–Trinajstić information content (AvgIpc) is 3.15. The molecule has 168 valence electrons. The Kier molecular flexibility index (Phi) is 5.60. The van der Waals surface area contributed by atoms with E-state index in [1.165, 1.54) is 0 Å². The first-order chi connectivity index (χ1) is 16.1. The minimum Gasteiger partial charge on any atom is -0.479 e. The van der Waals surface area contributed by atoms with Gasteiger partial charge in [0, 0.05) is 5.92 Å². The molecule has 3 aromatic rings. The number of alkyl carbamates (subject to hydrolysis) is 1. The predicted molar refractivity (Wildman–Crippen MR) is 123 cm³/mol. The van der Waals surface area contributed by atoms with Crippen molar-refractivity contribution in [3.05, 3.63) is 95.6 Å². The van der Waals surface area contributed by atoms with E-state index >= 15 is 0 Å². The fourth-order valence-corrected chi connectivity index (χ4v) is 4.81. The summed E-state index contributed by atoms with van der Waals surface area (Å²) < 4.78 is 11.4. The normalized spacial score (nSPS) is 20.9. The molecule has 0 aliphatic heterocycles. The van der Waals surface area contributed by atoms with Gasteiger partial charge in [0.15, 0.2) is 5.54 Å². The Labute approximate surface area is 192 Å². The first-order valence-corrected chi connectivity index (χ1v) is 11.1. The van der Waals surface area contributed by atoms with E-state index < -0.39 is 23.7 Å². The van der Waals surface area contributed by atoms with Crippen LogP contribution in [0.2, 0.25) is 0 Å². The number of benzene rings is 3. The number of rotatable bonds is 7. The number of carbonyl (C=O) groups is 2. The van der Waals surface area contributed by atoms with E-state index in [4.69, 9.17) is 9.47 Å². The van der Waals surface area contributed by atoms with Gasteiger partial charge >= 0.3 is 12.1 Å². The van der Waals surface area contributed by atoms with E-state index in [1.54, 1.807) is 0 Å².